The second-order valence-corrected chi connectivity index (χ2v) is 9.02. The highest BCUT2D eigenvalue weighted by Crippen LogP contribution is 2.27. The van der Waals surface area contributed by atoms with Crippen LogP contribution in [0.5, 0.6) is 0 Å². The quantitative estimate of drug-likeness (QED) is 0.270. The van der Waals surface area contributed by atoms with E-state index in [2.05, 4.69) is 50.3 Å². The molecule has 1 aromatic carbocycles. The largest absolute Gasteiger partial charge is 0.346 e. The average Bonchev–Trinajstić information content (AvgIpc) is 3.33. The molecule has 0 aliphatic carbocycles. The van der Waals surface area contributed by atoms with Crippen molar-refractivity contribution >= 4 is 17.5 Å². The number of nitrogens with zero attached hydrogens (tertiary/aromatic N) is 5. The number of thioether (sulfide) groups is 1. The molecule has 3 aromatic heterocycles. The minimum Gasteiger partial charge on any atom is -0.346 e. The van der Waals surface area contributed by atoms with E-state index in [0.717, 1.165) is 39.1 Å². The van der Waals surface area contributed by atoms with Crippen molar-refractivity contribution in [1.29, 1.82) is 0 Å². The van der Waals surface area contributed by atoms with Crippen LogP contribution in [0.25, 0.3) is 11.4 Å². The van der Waals surface area contributed by atoms with Gasteiger partial charge in [0.05, 0.1) is 12.3 Å². The Bertz CT molecular complexity index is 1210. The Hall–Kier alpha value is -3.19. The van der Waals surface area contributed by atoms with E-state index in [1.54, 1.807) is 12.4 Å². The van der Waals surface area contributed by atoms with Crippen molar-refractivity contribution in [3.05, 3.63) is 83.4 Å². The van der Waals surface area contributed by atoms with Gasteiger partial charge in [-0.1, -0.05) is 42.1 Å². The summed E-state index contributed by atoms with van der Waals surface area (Å²) >= 11 is 1.43. The number of aryl methyl sites for hydroxylation is 1. The summed E-state index contributed by atoms with van der Waals surface area (Å²) in [6, 6.07) is 16.4. The monoisotopic (exact) mass is 445 g/mol. The Morgan fingerprint density at radius 1 is 1.06 bits per heavy atom. The summed E-state index contributed by atoms with van der Waals surface area (Å²) in [5, 5.41) is 9.57. The zero-order valence-electron chi connectivity index (χ0n) is 18.8. The Morgan fingerprint density at radius 2 is 1.84 bits per heavy atom. The molecule has 6 nitrogen and oxygen atoms in total. The summed E-state index contributed by atoms with van der Waals surface area (Å²) in [5.41, 5.74) is 4.95. The lowest BCUT2D eigenvalue weighted by Gasteiger charge is -2.13. The molecule has 0 aliphatic heterocycles. The van der Waals surface area contributed by atoms with Crippen molar-refractivity contribution in [2.75, 3.05) is 5.75 Å². The molecule has 0 aliphatic rings. The van der Waals surface area contributed by atoms with E-state index in [4.69, 9.17) is 0 Å². The molecule has 0 saturated heterocycles. The fraction of sp³-hybridized carbons (Fsp3) is 0.280. The summed E-state index contributed by atoms with van der Waals surface area (Å²) in [5.74, 6) is 1.16. The van der Waals surface area contributed by atoms with Crippen molar-refractivity contribution in [3.8, 4) is 11.4 Å². The number of benzene rings is 1. The maximum absolute atomic E-state index is 13.1. The van der Waals surface area contributed by atoms with Gasteiger partial charge in [-0.2, -0.15) is 0 Å². The van der Waals surface area contributed by atoms with Crippen LogP contribution in [0.3, 0.4) is 0 Å². The second-order valence-electron chi connectivity index (χ2n) is 8.08. The number of carbonyl (C=O) groups is 1. The number of hydrogen-bond donors (Lipinski definition) is 0. The normalized spacial score (nSPS) is 11.3. The van der Waals surface area contributed by atoms with Gasteiger partial charge in [0.2, 0.25) is 0 Å². The third kappa shape index (κ3) is 4.53. The minimum absolute atomic E-state index is 0.104. The molecular formula is C25H27N5OS. The maximum atomic E-state index is 13.1. The molecule has 0 fully saturated rings. The summed E-state index contributed by atoms with van der Waals surface area (Å²) in [4.78, 5) is 17.3. The van der Waals surface area contributed by atoms with Crippen LogP contribution in [0.1, 0.15) is 47.2 Å². The van der Waals surface area contributed by atoms with Gasteiger partial charge in [-0.15, -0.1) is 10.2 Å². The second kappa shape index (κ2) is 9.53. The van der Waals surface area contributed by atoms with E-state index in [9.17, 15) is 4.79 Å². The van der Waals surface area contributed by atoms with Gasteiger partial charge in [0.15, 0.2) is 16.8 Å². The zero-order valence-corrected chi connectivity index (χ0v) is 19.6. The van der Waals surface area contributed by atoms with E-state index >= 15 is 0 Å². The molecule has 0 amide bonds. The molecule has 32 heavy (non-hydrogen) atoms. The first kappa shape index (κ1) is 22.0. The smallest absolute Gasteiger partial charge is 0.192 e. The molecule has 0 unspecified atom stereocenters. The Kier molecular flexibility index (Phi) is 6.55. The van der Waals surface area contributed by atoms with Crippen LogP contribution >= 0.6 is 11.8 Å². The van der Waals surface area contributed by atoms with E-state index in [1.165, 1.54) is 11.8 Å². The van der Waals surface area contributed by atoms with Crippen LogP contribution in [-0.2, 0) is 6.54 Å². The lowest BCUT2D eigenvalue weighted by molar-refractivity contribution is 0.102. The minimum atomic E-state index is 0.104. The number of pyridine rings is 1. The molecule has 0 atom stereocenters. The Labute approximate surface area is 192 Å². The van der Waals surface area contributed by atoms with E-state index in [-0.39, 0.29) is 5.78 Å². The Morgan fingerprint density at radius 3 is 2.50 bits per heavy atom. The van der Waals surface area contributed by atoms with Crippen molar-refractivity contribution in [2.45, 2.75) is 45.4 Å². The first-order valence-electron chi connectivity index (χ1n) is 10.7. The van der Waals surface area contributed by atoms with Crippen molar-refractivity contribution in [1.82, 2.24) is 24.3 Å². The molecule has 0 radical (unpaired) electrons. The fourth-order valence-corrected chi connectivity index (χ4v) is 4.90. The predicted octanol–water partition coefficient (Wildman–Crippen LogP) is 5.36. The molecule has 0 spiro atoms. The van der Waals surface area contributed by atoms with Gasteiger partial charge in [-0.25, -0.2) is 0 Å². The summed E-state index contributed by atoms with van der Waals surface area (Å²) in [6.45, 7) is 8.96. The third-order valence-corrected chi connectivity index (χ3v) is 6.42. The highest BCUT2D eigenvalue weighted by molar-refractivity contribution is 7.99. The molecule has 7 heteroatoms. The number of ketones is 1. The molecule has 3 heterocycles. The van der Waals surface area contributed by atoms with Gasteiger partial charge < -0.3 is 4.57 Å². The number of Topliss-reactive ketones (excluding diaryl/α,β-unsaturated/α-hetero) is 1. The highest BCUT2D eigenvalue weighted by Gasteiger charge is 2.20. The first-order chi connectivity index (χ1) is 15.5. The van der Waals surface area contributed by atoms with Crippen LogP contribution in [0.2, 0.25) is 0 Å². The number of hydrogen-bond acceptors (Lipinski definition) is 5. The van der Waals surface area contributed by atoms with E-state index in [0.29, 0.717) is 18.3 Å². The van der Waals surface area contributed by atoms with Crippen molar-refractivity contribution in [3.63, 3.8) is 0 Å². The Balaban J connectivity index is 1.61. The molecule has 4 aromatic rings. The predicted molar refractivity (Wildman–Crippen MR) is 128 cm³/mol. The number of aromatic nitrogens is 5. The summed E-state index contributed by atoms with van der Waals surface area (Å²) in [7, 11) is 0. The van der Waals surface area contributed by atoms with Crippen LogP contribution in [0.4, 0.5) is 0 Å². The fourth-order valence-electron chi connectivity index (χ4n) is 4.07. The third-order valence-electron chi connectivity index (χ3n) is 5.45. The standard InChI is InChI=1S/C25H27N5OS/c1-17(2)30-18(3)13-22(19(30)4)23(31)16-32-25-28-27-24(21-11-8-12-26-14-21)29(25)15-20-9-6-5-7-10-20/h5-14,17H,15-16H2,1-4H3. The van der Waals surface area contributed by atoms with Gasteiger partial charge in [0.1, 0.15) is 0 Å². The summed E-state index contributed by atoms with van der Waals surface area (Å²) in [6.07, 6.45) is 3.52. The van der Waals surface area contributed by atoms with Crippen LogP contribution in [-0.4, -0.2) is 35.9 Å². The first-order valence-corrected chi connectivity index (χ1v) is 11.7. The average molecular weight is 446 g/mol. The lowest BCUT2D eigenvalue weighted by Crippen LogP contribution is -2.09. The highest BCUT2D eigenvalue weighted by atomic mass is 32.2. The molecule has 0 saturated carbocycles. The van der Waals surface area contributed by atoms with Gasteiger partial charge >= 0.3 is 0 Å². The van der Waals surface area contributed by atoms with Gasteiger partial charge in [-0.3, -0.25) is 14.3 Å². The summed E-state index contributed by atoms with van der Waals surface area (Å²) < 4.78 is 4.26. The van der Waals surface area contributed by atoms with Gasteiger partial charge in [-0.05, 0) is 51.5 Å². The van der Waals surface area contributed by atoms with Gasteiger partial charge in [0, 0.05) is 41.0 Å². The van der Waals surface area contributed by atoms with Crippen molar-refractivity contribution < 1.29 is 4.79 Å². The molecule has 0 N–H and O–H groups in total. The van der Waals surface area contributed by atoms with Crippen molar-refractivity contribution in [2.24, 2.45) is 0 Å². The number of carbonyl (C=O) groups excluding carboxylic acids is 1. The molecule has 4 rings (SSSR count). The van der Waals surface area contributed by atoms with Gasteiger partial charge in [0.25, 0.3) is 0 Å². The molecule has 0 bridgehead atoms. The molecule has 164 valence electrons. The van der Waals surface area contributed by atoms with Crippen LogP contribution in [0.15, 0.2) is 66.1 Å². The molecular weight excluding hydrogens is 418 g/mol. The van der Waals surface area contributed by atoms with Crippen LogP contribution < -0.4 is 0 Å². The van der Waals surface area contributed by atoms with Crippen LogP contribution in [0, 0.1) is 13.8 Å². The number of rotatable bonds is 8. The van der Waals surface area contributed by atoms with E-state index in [1.807, 2.05) is 50.2 Å². The zero-order chi connectivity index (χ0) is 22.7. The maximum Gasteiger partial charge on any atom is 0.192 e. The topological polar surface area (TPSA) is 65.6 Å². The van der Waals surface area contributed by atoms with E-state index < -0.39 is 0 Å². The SMILES string of the molecule is Cc1cc(C(=O)CSc2nnc(-c3cccnc3)n2Cc2ccccc2)c(C)n1C(C)C. The lowest BCUT2D eigenvalue weighted by atomic mass is 10.2.